The maximum atomic E-state index is 13.6. The summed E-state index contributed by atoms with van der Waals surface area (Å²) in [4.78, 5) is 29.0. The molecule has 0 saturated carbocycles. The molecule has 3 rings (SSSR count). The van der Waals surface area contributed by atoms with Crippen molar-refractivity contribution in [1.29, 1.82) is 0 Å². The molecule has 1 aromatic carbocycles. The van der Waals surface area contributed by atoms with Crippen LogP contribution < -0.4 is 11.2 Å². The zero-order valence-electron chi connectivity index (χ0n) is 14.4. The van der Waals surface area contributed by atoms with Gasteiger partial charge in [-0.3, -0.25) is 13.9 Å². The number of halogens is 2. The summed E-state index contributed by atoms with van der Waals surface area (Å²) in [5, 5.41) is 0. The first kappa shape index (κ1) is 18.4. The van der Waals surface area contributed by atoms with E-state index in [9.17, 15) is 18.4 Å². The van der Waals surface area contributed by atoms with Crippen molar-refractivity contribution in [3.63, 3.8) is 0 Å². The van der Waals surface area contributed by atoms with Crippen molar-refractivity contribution in [1.82, 2.24) is 18.7 Å². The lowest BCUT2D eigenvalue weighted by Gasteiger charge is -2.09. The molecular formula is C17H18F2N4O2S. The summed E-state index contributed by atoms with van der Waals surface area (Å²) >= 11 is 1.42. The highest BCUT2D eigenvalue weighted by atomic mass is 32.2. The highest BCUT2D eigenvalue weighted by molar-refractivity contribution is 7.98. The van der Waals surface area contributed by atoms with Gasteiger partial charge >= 0.3 is 5.69 Å². The molecule has 2 aromatic heterocycles. The summed E-state index contributed by atoms with van der Waals surface area (Å²) in [6.07, 6.45) is 2.05. The maximum absolute atomic E-state index is 13.6. The monoisotopic (exact) mass is 380 g/mol. The molecule has 0 aliphatic heterocycles. The normalized spacial score (nSPS) is 11.4. The van der Waals surface area contributed by atoms with E-state index in [1.165, 1.54) is 33.3 Å². The Hall–Kier alpha value is -2.42. The van der Waals surface area contributed by atoms with Crippen LogP contribution in [0.15, 0.2) is 34.1 Å². The quantitative estimate of drug-likeness (QED) is 0.614. The van der Waals surface area contributed by atoms with Gasteiger partial charge in [-0.25, -0.2) is 18.6 Å². The zero-order valence-corrected chi connectivity index (χ0v) is 15.2. The Bertz CT molecular complexity index is 1070. The average molecular weight is 380 g/mol. The van der Waals surface area contributed by atoms with Crippen LogP contribution in [0, 0.1) is 11.6 Å². The summed E-state index contributed by atoms with van der Waals surface area (Å²) in [5.41, 5.74) is 0.252. The highest BCUT2D eigenvalue weighted by Crippen LogP contribution is 2.18. The van der Waals surface area contributed by atoms with Gasteiger partial charge in [0.2, 0.25) is 0 Å². The number of benzene rings is 1. The van der Waals surface area contributed by atoms with Crippen molar-refractivity contribution in [2.45, 2.75) is 18.7 Å². The van der Waals surface area contributed by atoms with E-state index in [0.717, 1.165) is 6.07 Å². The summed E-state index contributed by atoms with van der Waals surface area (Å²) in [6, 6.07) is 4.10. The van der Waals surface area contributed by atoms with Gasteiger partial charge in [0, 0.05) is 32.0 Å². The fourth-order valence-corrected chi connectivity index (χ4v) is 3.68. The number of nitrogens with zero attached hydrogens (tertiary/aromatic N) is 4. The van der Waals surface area contributed by atoms with Crippen LogP contribution in [0.3, 0.4) is 0 Å². The third-order valence-corrected chi connectivity index (χ3v) is 5.25. The molecule has 6 nitrogen and oxygen atoms in total. The lowest BCUT2D eigenvalue weighted by atomic mass is 10.2. The van der Waals surface area contributed by atoms with Gasteiger partial charge in [-0.2, -0.15) is 11.8 Å². The van der Waals surface area contributed by atoms with E-state index in [1.807, 2.05) is 0 Å². The van der Waals surface area contributed by atoms with Gasteiger partial charge in [-0.15, -0.1) is 0 Å². The van der Waals surface area contributed by atoms with Crippen molar-refractivity contribution in [2.24, 2.45) is 14.1 Å². The Morgan fingerprint density at radius 2 is 1.96 bits per heavy atom. The molecule has 0 atom stereocenters. The molecule has 26 heavy (non-hydrogen) atoms. The van der Waals surface area contributed by atoms with Crippen molar-refractivity contribution in [3.05, 3.63) is 62.6 Å². The van der Waals surface area contributed by atoms with Crippen molar-refractivity contribution in [2.75, 3.05) is 5.75 Å². The predicted molar refractivity (Wildman–Crippen MR) is 97.4 cm³/mol. The molecule has 138 valence electrons. The van der Waals surface area contributed by atoms with E-state index in [-0.39, 0.29) is 12.1 Å². The second-order valence-electron chi connectivity index (χ2n) is 5.95. The number of fused-ring (bicyclic) bond motifs is 1. The van der Waals surface area contributed by atoms with Gasteiger partial charge in [-0.1, -0.05) is 12.1 Å². The molecule has 3 aromatic rings. The molecular weight excluding hydrogens is 362 g/mol. The lowest BCUT2D eigenvalue weighted by Crippen LogP contribution is -2.39. The van der Waals surface area contributed by atoms with Crippen LogP contribution in [0.1, 0.15) is 12.0 Å². The Kier molecular flexibility index (Phi) is 5.26. The maximum Gasteiger partial charge on any atom is 0.332 e. The summed E-state index contributed by atoms with van der Waals surface area (Å²) in [6.45, 7) is 0.255. The largest absolute Gasteiger partial charge is 0.332 e. The van der Waals surface area contributed by atoms with E-state index >= 15 is 0 Å². The van der Waals surface area contributed by atoms with Crippen LogP contribution in [-0.2, 0) is 26.4 Å². The van der Waals surface area contributed by atoms with Crippen LogP contribution in [0.5, 0.6) is 0 Å². The van der Waals surface area contributed by atoms with Crippen LogP contribution in [0.4, 0.5) is 8.78 Å². The molecule has 0 bridgehead atoms. The van der Waals surface area contributed by atoms with Crippen molar-refractivity contribution < 1.29 is 8.78 Å². The molecule has 0 spiro atoms. The highest BCUT2D eigenvalue weighted by Gasteiger charge is 2.14. The fraction of sp³-hybridized carbons (Fsp3) is 0.353. The Morgan fingerprint density at radius 1 is 1.19 bits per heavy atom. The second-order valence-corrected chi connectivity index (χ2v) is 7.05. The Labute approximate surface area is 152 Å². The van der Waals surface area contributed by atoms with E-state index in [2.05, 4.69) is 4.98 Å². The topological polar surface area (TPSA) is 61.8 Å². The van der Waals surface area contributed by atoms with E-state index in [1.54, 1.807) is 24.7 Å². The van der Waals surface area contributed by atoms with Gasteiger partial charge < -0.3 is 4.57 Å². The third-order valence-electron chi connectivity index (χ3n) is 4.16. The standard InChI is InChI=1S/C17H18F2N4O2S/c1-21-10-20-15-14(21)16(24)23(17(25)22(15)2)7-4-8-26-9-11-5-3-6-12(18)13(11)19/h3,5-6,10H,4,7-9H2,1-2H3. The number of imidazole rings is 1. The number of rotatable bonds is 6. The minimum Gasteiger partial charge on any atom is -0.328 e. The Morgan fingerprint density at radius 3 is 2.73 bits per heavy atom. The van der Waals surface area contributed by atoms with Gasteiger partial charge in [0.1, 0.15) is 0 Å². The third kappa shape index (κ3) is 3.31. The van der Waals surface area contributed by atoms with Crippen LogP contribution in [0.25, 0.3) is 11.2 Å². The molecule has 2 heterocycles. The smallest absolute Gasteiger partial charge is 0.328 e. The number of hydrogen-bond acceptors (Lipinski definition) is 4. The second kappa shape index (κ2) is 7.45. The number of hydrogen-bond donors (Lipinski definition) is 0. The predicted octanol–water partition coefficient (Wildman–Crippen LogP) is 2.04. The van der Waals surface area contributed by atoms with Crippen molar-refractivity contribution in [3.8, 4) is 0 Å². The lowest BCUT2D eigenvalue weighted by molar-refractivity contribution is 0.502. The molecule has 0 aliphatic rings. The first-order valence-electron chi connectivity index (χ1n) is 8.03. The summed E-state index contributed by atoms with van der Waals surface area (Å²) in [7, 11) is 3.28. The molecule has 0 saturated heterocycles. The minimum absolute atomic E-state index is 0.255. The van der Waals surface area contributed by atoms with Crippen LogP contribution in [-0.4, -0.2) is 24.4 Å². The molecule has 0 unspecified atom stereocenters. The molecule has 0 aliphatic carbocycles. The van der Waals surface area contributed by atoms with Crippen molar-refractivity contribution >= 4 is 22.9 Å². The van der Waals surface area contributed by atoms with Gasteiger partial charge in [0.25, 0.3) is 5.56 Å². The van der Waals surface area contributed by atoms with Crippen LogP contribution in [0.2, 0.25) is 0 Å². The van der Waals surface area contributed by atoms with Gasteiger partial charge in [0.15, 0.2) is 22.8 Å². The van der Waals surface area contributed by atoms with E-state index in [0.29, 0.717) is 34.7 Å². The minimum atomic E-state index is -0.859. The number of aromatic nitrogens is 4. The summed E-state index contributed by atoms with van der Waals surface area (Å²) < 4.78 is 30.9. The van der Waals surface area contributed by atoms with E-state index in [4.69, 9.17) is 0 Å². The average Bonchev–Trinajstić information content (AvgIpc) is 3.01. The molecule has 9 heteroatoms. The number of thioether (sulfide) groups is 1. The molecule has 0 amide bonds. The zero-order chi connectivity index (χ0) is 18.8. The van der Waals surface area contributed by atoms with E-state index < -0.39 is 17.3 Å². The fourth-order valence-electron chi connectivity index (χ4n) is 2.76. The molecule has 0 N–H and O–H groups in total. The first-order chi connectivity index (χ1) is 12.4. The SMILES string of the molecule is Cn1cnc2c1c(=O)n(CCCSCc1cccc(F)c1F)c(=O)n2C. The Balaban J connectivity index is 1.67. The summed E-state index contributed by atoms with van der Waals surface area (Å²) in [5.74, 6) is -0.749. The van der Waals surface area contributed by atoms with Crippen LogP contribution >= 0.6 is 11.8 Å². The van der Waals surface area contributed by atoms with Gasteiger partial charge in [0.05, 0.1) is 6.33 Å². The first-order valence-corrected chi connectivity index (χ1v) is 9.18. The molecule has 0 radical (unpaired) electrons. The molecule has 0 fully saturated rings. The van der Waals surface area contributed by atoms with Gasteiger partial charge in [-0.05, 0) is 18.2 Å². The number of aryl methyl sites for hydroxylation is 2.